The van der Waals surface area contributed by atoms with E-state index < -0.39 is 0 Å². The van der Waals surface area contributed by atoms with Crippen LogP contribution in [0.25, 0.3) is 11.4 Å². The molecule has 0 unspecified atom stereocenters. The molecule has 0 spiro atoms. The normalized spacial score (nSPS) is 16.9. The highest BCUT2D eigenvalue weighted by Crippen LogP contribution is 2.33. The second kappa shape index (κ2) is 5.55. The Balaban J connectivity index is 1.66. The third-order valence-electron chi connectivity index (χ3n) is 3.45. The molecule has 0 saturated carbocycles. The summed E-state index contributed by atoms with van der Waals surface area (Å²) in [6.45, 7) is 3.44. The Labute approximate surface area is 121 Å². The van der Waals surface area contributed by atoms with Crippen molar-refractivity contribution in [1.29, 1.82) is 0 Å². The molecule has 1 saturated heterocycles. The highest BCUT2D eigenvalue weighted by atomic mass is 32.2. The third kappa shape index (κ3) is 2.72. The van der Waals surface area contributed by atoms with Crippen molar-refractivity contribution in [3.05, 3.63) is 29.8 Å². The zero-order chi connectivity index (χ0) is 14.0. The Hall–Kier alpha value is -1.37. The van der Waals surface area contributed by atoms with Gasteiger partial charge in [-0.15, -0.1) is 5.10 Å². The summed E-state index contributed by atoms with van der Waals surface area (Å²) in [7, 11) is 0. The third-order valence-corrected chi connectivity index (χ3v) is 4.65. The fourth-order valence-corrected chi connectivity index (χ4v) is 2.94. The summed E-state index contributed by atoms with van der Waals surface area (Å²) in [6, 6.07) is 8.16. The maximum atomic E-state index is 9.38. The van der Waals surface area contributed by atoms with Crippen molar-refractivity contribution >= 4 is 11.8 Å². The maximum absolute atomic E-state index is 9.38. The fourth-order valence-electron chi connectivity index (χ4n) is 1.98. The molecule has 0 aliphatic carbocycles. The molecule has 0 atom stereocenters. The van der Waals surface area contributed by atoms with Crippen LogP contribution in [0, 0.1) is 12.3 Å². The van der Waals surface area contributed by atoms with E-state index in [9.17, 15) is 5.11 Å². The van der Waals surface area contributed by atoms with Gasteiger partial charge in [0.1, 0.15) is 0 Å². The van der Waals surface area contributed by atoms with Crippen LogP contribution >= 0.6 is 11.8 Å². The van der Waals surface area contributed by atoms with Crippen molar-refractivity contribution in [3.8, 4) is 11.4 Å². The van der Waals surface area contributed by atoms with E-state index in [0.717, 1.165) is 17.1 Å². The van der Waals surface area contributed by atoms with Gasteiger partial charge in [-0.2, -0.15) is 0 Å². The van der Waals surface area contributed by atoms with E-state index in [1.54, 1.807) is 11.8 Å². The number of aromatic amines is 1. The standard InChI is InChI=1S/C14H17N3O2S/c1-10-2-4-11(5-3-10)12-15-13(17-16-12)20-9-14(6-18)7-19-8-14/h2-5,18H,6-9H2,1H3,(H,15,16,17). The minimum Gasteiger partial charge on any atom is -0.396 e. The molecule has 1 aromatic heterocycles. The molecule has 6 heteroatoms. The van der Waals surface area contributed by atoms with E-state index in [-0.39, 0.29) is 12.0 Å². The van der Waals surface area contributed by atoms with Gasteiger partial charge in [0.05, 0.1) is 19.8 Å². The predicted molar refractivity (Wildman–Crippen MR) is 77.6 cm³/mol. The molecule has 0 bridgehead atoms. The van der Waals surface area contributed by atoms with Crippen LogP contribution in [0.4, 0.5) is 0 Å². The quantitative estimate of drug-likeness (QED) is 0.823. The molecule has 106 valence electrons. The minimum atomic E-state index is -0.116. The fraction of sp³-hybridized carbons (Fsp3) is 0.429. The van der Waals surface area contributed by atoms with Gasteiger partial charge in [-0.3, -0.25) is 5.10 Å². The largest absolute Gasteiger partial charge is 0.396 e. The van der Waals surface area contributed by atoms with Crippen molar-refractivity contribution in [2.75, 3.05) is 25.6 Å². The number of H-pyrrole nitrogens is 1. The first-order valence-corrected chi connectivity index (χ1v) is 7.50. The number of aliphatic hydroxyl groups excluding tert-OH is 1. The minimum absolute atomic E-state index is 0.116. The van der Waals surface area contributed by atoms with Gasteiger partial charge in [-0.25, -0.2) is 4.98 Å². The number of hydrogen-bond donors (Lipinski definition) is 2. The Morgan fingerprint density at radius 1 is 1.35 bits per heavy atom. The molecule has 1 aromatic carbocycles. The van der Waals surface area contributed by atoms with Crippen LogP contribution < -0.4 is 0 Å². The number of nitrogens with zero attached hydrogens (tertiary/aromatic N) is 2. The van der Waals surface area contributed by atoms with Crippen molar-refractivity contribution < 1.29 is 9.84 Å². The molecule has 2 N–H and O–H groups in total. The number of ether oxygens (including phenoxy) is 1. The van der Waals surface area contributed by atoms with Gasteiger partial charge in [0.25, 0.3) is 0 Å². The summed E-state index contributed by atoms with van der Waals surface area (Å²) in [4.78, 5) is 4.48. The second-order valence-corrected chi connectivity index (χ2v) is 6.21. The lowest BCUT2D eigenvalue weighted by Gasteiger charge is -2.39. The molecule has 1 aliphatic heterocycles. The topological polar surface area (TPSA) is 71.0 Å². The Morgan fingerprint density at radius 3 is 2.70 bits per heavy atom. The van der Waals surface area contributed by atoms with Crippen molar-refractivity contribution in [2.24, 2.45) is 5.41 Å². The van der Waals surface area contributed by atoms with Crippen LogP contribution in [0.5, 0.6) is 0 Å². The van der Waals surface area contributed by atoms with E-state index in [0.29, 0.717) is 18.4 Å². The van der Waals surface area contributed by atoms with Crippen molar-refractivity contribution in [3.63, 3.8) is 0 Å². The van der Waals surface area contributed by atoms with E-state index in [1.807, 2.05) is 12.1 Å². The Morgan fingerprint density at radius 2 is 2.10 bits per heavy atom. The van der Waals surface area contributed by atoms with Gasteiger partial charge in [0.15, 0.2) is 5.82 Å². The summed E-state index contributed by atoms with van der Waals surface area (Å²) in [5.74, 6) is 1.55. The van der Waals surface area contributed by atoms with Gasteiger partial charge in [-0.05, 0) is 6.92 Å². The maximum Gasteiger partial charge on any atom is 0.208 e. The molecule has 3 rings (SSSR count). The first-order chi connectivity index (χ1) is 9.71. The molecule has 1 aliphatic rings. The number of benzene rings is 1. The van der Waals surface area contributed by atoms with Gasteiger partial charge in [0, 0.05) is 16.7 Å². The number of aliphatic hydroxyl groups is 1. The van der Waals surface area contributed by atoms with Crippen molar-refractivity contribution in [2.45, 2.75) is 12.1 Å². The van der Waals surface area contributed by atoms with Crippen LogP contribution in [0.2, 0.25) is 0 Å². The summed E-state index contributed by atoms with van der Waals surface area (Å²) >= 11 is 1.55. The Kier molecular flexibility index (Phi) is 3.78. The molecule has 0 radical (unpaired) electrons. The lowest BCUT2D eigenvalue weighted by atomic mass is 9.90. The predicted octanol–water partition coefficient (Wildman–Crippen LogP) is 1.88. The van der Waals surface area contributed by atoms with Gasteiger partial charge >= 0.3 is 0 Å². The first kappa shape index (κ1) is 13.6. The molecular weight excluding hydrogens is 274 g/mol. The van der Waals surface area contributed by atoms with E-state index >= 15 is 0 Å². The smallest absolute Gasteiger partial charge is 0.208 e. The zero-order valence-corrected chi connectivity index (χ0v) is 12.1. The molecule has 5 nitrogen and oxygen atoms in total. The van der Waals surface area contributed by atoms with Crippen LogP contribution in [0.1, 0.15) is 5.56 Å². The lowest BCUT2D eigenvalue weighted by Crippen LogP contribution is -2.47. The highest BCUT2D eigenvalue weighted by molar-refractivity contribution is 7.99. The molecule has 1 fully saturated rings. The van der Waals surface area contributed by atoms with Gasteiger partial charge < -0.3 is 9.84 Å². The Bertz CT molecular complexity index is 573. The monoisotopic (exact) mass is 291 g/mol. The summed E-state index contributed by atoms with van der Waals surface area (Å²) in [5.41, 5.74) is 2.13. The zero-order valence-electron chi connectivity index (χ0n) is 11.3. The van der Waals surface area contributed by atoms with Crippen LogP contribution in [0.3, 0.4) is 0 Å². The summed E-state index contributed by atoms with van der Waals surface area (Å²) < 4.78 is 5.18. The molecule has 20 heavy (non-hydrogen) atoms. The molecule has 0 amide bonds. The van der Waals surface area contributed by atoms with Crippen LogP contribution in [-0.4, -0.2) is 45.9 Å². The van der Waals surface area contributed by atoms with Gasteiger partial charge in [0.2, 0.25) is 5.16 Å². The van der Waals surface area contributed by atoms with E-state index in [1.165, 1.54) is 5.56 Å². The average Bonchev–Trinajstić information content (AvgIpc) is 2.88. The number of aromatic nitrogens is 3. The van der Waals surface area contributed by atoms with E-state index in [2.05, 4.69) is 34.2 Å². The highest BCUT2D eigenvalue weighted by Gasteiger charge is 2.38. The number of aryl methyl sites for hydroxylation is 1. The molecule has 2 aromatic rings. The number of rotatable bonds is 5. The van der Waals surface area contributed by atoms with Gasteiger partial charge in [-0.1, -0.05) is 41.6 Å². The van der Waals surface area contributed by atoms with Crippen LogP contribution in [0.15, 0.2) is 29.4 Å². The van der Waals surface area contributed by atoms with Crippen LogP contribution in [-0.2, 0) is 4.74 Å². The van der Waals surface area contributed by atoms with Crippen molar-refractivity contribution in [1.82, 2.24) is 15.2 Å². The molecule has 2 heterocycles. The second-order valence-electron chi connectivity index (χ2n) is 5.27. The number of hydrogen-bond acceptors (Lipinski definition) is 5. The summed E-state index contributed by atoms with van der Waals surface area (Å²) in [5, 5.41) is 17.3. The SMILES string of the molecule is Cc1ccc(-c2nc(SCC3(CO)COC3)n[nH]2)cc1. The van der Waals surface area contributed by atoms with E-state index in [4.69, 9.17) is 4.74 Å². The number of thioether (sulfide) groups is 1. The lowest BCUT2D eigenvalue weighted by molar-refractivity contribution is -0.121. The number of nitrogens with one attached hydrogen (secondary N) is 1. The average molecular weight is 291 g/mol. The first-order valence-electron chi connectivity index (χ1n) is 6.52. The molecular formula is C14H17N3O2S. The summed E-state index contributed by atoms with van der Waals surface area (Å²) in [6.07, 6.45) is 0.